The van der Waals surface area contributed by atoms with Crippen molar-refractivity contribution in [1.29, 1.82) is 0 Å². The van der Waals surface area contributed by atoms with Gasteiger partial charge in [0.25, 0.3) is 0 Å². The number of nitrogens with zero attached hydrogens (tertiary/aromatic N) is 3. The summed E-state index contributed by atoms with van der Waals surface area (Å²) in [6.45, 7) is 7.82. The second kappa shape index (κ2) is 8.34. The van der Waals surface area contributed by atoms with Gasteiger partial charge in [-0.25, -0.2) is 9.18 Å². The summed E-state index contributed by atoms with van der Waals surface area (Å²) in [6.07, 6.45) is 2.29. The molecule has 0 unspecified atom stereocenters. The molecule has 6 nitrogen and oxygen atoms in total. The lowest BCUT2D eigenvalue weighted by atomic mass is 10.1. The third-order valence-corrected chi connectivity index (χ3v) is 5.41. The Kier molecular flexibility index (Phi) is 5.61. The van der Waals surface area contributed by atoms with E-state index in [0.29, 0.717) is 43.9 Å². The van der Waals surface area contributed by atoms with Crippen LogP contribution >= 0.6 is 0 Å². The Morgan fingerprint density at radius 1 is 1.27 bits per heavy atom. The Labute approximate surface area is 175 Å². The third-order valence-electron chi connectivity index (χ3n) is 5.41. The van der Waals surface area contributed by atoms with Gasteiger partial charge < -0.3 is 14.4 Å². The van der Waals surface area contributed by atoms with E-state index in [0.717, 1.165) is 29.5 Å². The van der Waals surface area contributed by atoms with Crippen molar-refractivity contribution in [1.82, 2.24) is 9.88 Å². The van der Waals surface area contributed by atoms with Gasteiger partial charge >= 0.3 is 6.03 Å². The number of allylic oxidation sites excluding steroid dienone is 1. The Balaban J connectivity index is 1.46. The zero-order valence-electron chi connectivity index (χ0n) is 17.4. The molecule has 0 bridgehead atoms. The first-order valence-electron chi connectivity index (χ1n) is 10.1. The number of carbonyl (C=O) groups is 1. The minimum atomic E-state index is -0.373. The fourth-order valence-corrected chi connectivity index (χ4v) is 3.47. The van der Waals surface area contributed by atoms with Crippen LogP contribution in [0, 0.1) is 11.7 Å². The molecule has 2 aliphatic rings. The number of ether oxygens (including phenoxy) is 2. The number of carbonyl (C=O) groups excluding carboxylic acids is 1. The van der Waals surface area contributed by atoms with Gasteiger partial charge in [0.2, 0.25) is 5.88 Å². The van der Waals surface area contributed by atoms with Crippen molar-refractivity contribution >= 4 is 17.4 Å². The van der Waals surface area contributed by atoms with Gasteiger partial charge in [-0.2, -0.15) is 4.98 Å². The first-order valence-corrected chi connectivity index (χ1v) is 10.1. The average molecular weight is 411 g/mol. The van der Waals surface area contributed by atoms with Crippen molar-refractivity contribution in [2.45, 2.75) is 26.3 Å². The summed E-state index contributed by atoms with van der Waals surface area (Å²) in [7, 11) is 1.55. The topological polar surface area (TPSA) is 54.9 Å². The smallest absolute Gasteiger partial charge is 0.326 e. The summed E-state index contributed by atoms with van der Waals surface area (Å²) >= 11 is 0. The second-order valence-electron chi connectivity index (χ2n) is 7.88. The molecule has 7 heteroatoms. The van der Waals surface area contributed by atoms with Crippen LogP contribution in [0.4, 0.5) is 15.0 Å². The standard InChI is InChI=1S/C23H26FN3O3/c1-15(2)18-7-9-21(25-22(18)29-3)27-11-10-26(23(27)28)13-17-6-8-19(24)20(12-17)30-14-16-4-5-16/h6-9,12,16H,1,4-5,10-11,13-14H2,2-3H3. The lowest BCUT2D eigenvalue weighted by molar-refractivity contribution is 0.218. The zero-order chi connectivity index (χ0) is 21.3. The molecule has 4 rings (SSSR count). The maximum atomic E-state index is 14.0. The van der Waals surface area contributed by atoms with Crippen LogP contribution in [0.5, 0.6) is 11.6 Å². The van der Waals surface area contributed by atoms with Crippen molar-refractivity contribution in [3.63, 3.8) is 0 Å². The van der Waals surface area contributed by atoms with Crippen LogP contribution in [0.1, 0.15) is 30.9 Å². The summed E-state index contributed by atoms with van der Waals surface area (Å²) in [5.74, 6) is 1.41. The number of pyridine rings is 1. The third kappa shape index (κ3) is 4.25. The Morgan fingerprint density at radius 3 is 2.77 bits per heavy atom. The number of rotatable bonds is 8. The van der Waals surface area contributed by atoms with Crippen LogP contribution in [0.3, 0.4) is 0 Å². The van der Waals surface area contributed by atoms with E-state index < -0.39 is 0 Å². The lowest BCUT2D eigenvalue weighted by Crippen LogP contribution is -2.32. The number of anilines is 1. The molecule has 2 fully saturated rings. The number of halogens is 1. The van der Waals surface area contributed by atoms with Crippen molar-refractivity contribution < 1.29 is 18.7 Å². The maximum Gasteiger partial charge on any atom is 0.326 e. The van der Waals surface area contributed by atoms with Gasteiger partial charge in [0.15, 0.2) is 11.6 Å². The Bertz CT molecular complexity index is 974. The number of amides is 2. The number of benzene rings is 1. The molecule has 2 aromatic rings. The Morgan fingerprint density at radius 2 is 2.07 bits per heavy atom. The number of aromatic nitrogens is 1. The van der Waals surface area contributed by atoms with Gasteiger partial charge in [-0.1, -0.05) is 12.6 Å². The van der Waals surface area contributed by atoms with E-state index in [2.05, 4.69) is 11.6 Å². The van der Waals surface area contributed by atoms with Crippen molar-refractivity contribution in [3.8, 4) is 11.6 Å². The SMILES string of the molecule is C=C(C)c1ccc(N2CCN(Cc3ccc(F)c(OCC4CC4)c3)C2=O)nc1OC. The van der Waals surface area contributed by atoms with E-state index in [1.54, 1.807) is 35.1 Å². The van der Waals surface area contributed by atoms with Crippen LogP contribution in [0.2, 0.25) is 0 Å². The van der Waals surface area contributed by atoms with E-state index >= 15 is 0 Å². The number of hydrogen-bond donors (Lipinski definition) is 0. The highest BCUT2D eigenvalue weighted by Gasteiger charge is 2.31. The summed E-state index contributed by atoms with van der Waals surface area (Å²) in [6, 6.07) is 8.31. The molecule has 1 aromatic heterocycles. The quantitative estimate of drug-likeness (QED) is 0.642. The summed E-state index contributed by atoms with van der Waals surface area (Å²) in [5.41, 5.74) is 2.49. The molecule has 0 radical (unpaired) electrons. The second-order valence-corrected chi connectivity index (χ2v) is 7.88. The first kappa shape index (κ1) is 20.2. The minimum Gasteiger partial charge on any atom is -0.490 e. The highest BCUT2D eigenvalue weighted by Crippen LogP contribution is 2.31. The number of urea groups is 1. The van der Waals surface area contributed by atoms with Gasteiger partial charge in [0, 0.05) is 25.2 Å². The van der Waals surface area contributed by atoms with Crippen LogP contribution in [0.15, 0.2) is 36.9 Å². The molecule has 1 aliphatic heterocycles. The van der Waals surface area contributed by atoms with Gasteiger partial charge in [-0.15, -0.1) is 0 Å². The highest BCUT2D eigenvalue weighted by atomic mass is 19.1. The molecule has 1 aliphatic carbocycles. The number of hydrogen-bond acceptors (Lipinski definition) is 4. The summed E-state index contributed by atoms with van der Waals surface area (Å²) < 4.78 is 25.0. The van der Waals surface area contributed by atoms with Gasteiger partial charge in [-0.3, -0.25) is 4.90 Å². The van der Waals surface area contributed by atoms with Crippen LogP contribution < -0.4 is 14.4 Å². The molecule has 158 valence electrons. The molecule has 0 spiro atoms. The van der Waals surface area contributed by atoms with Gasteiger partial charge in [-0.05, 0) is 61.1 Å². The highest BCUT2D eigenvalue weighted by molar-refractivity contribution is 5.93. The van der Waals surface area contributed by atoms with E-state index in [9.17, 15) is 9.18 Å². The molecular formula is C23H26FN3O3. The fraction of sp³-hybridized carbons (Fsp3) is 0.391. The minimum absolute atomic E-state index is 0.141. The van der Waals surface area contributed by atoms with Crippen LogP contribution in [0.25, 0.3) is 5.57 Å². The first-order chi connectivity index (χ1) is 14.5. The van der Waals surface area contributed by atoms with Crippen molar-refractivity contribution in [2.75, 3.05) is 31.7 Å². The summed E-state index contributed by atoms with van der Waals surface area (Å²) in [4.78, 5) is 20.8. The van der Waals surface area contributed by atoms with Gasteiger partial charge in [0.05, 0.1) is 13.7 Å². The summed E-state index contributed by atoms with van der Waals surface area (Å²) in [5, 5.41) is 0. The van der Waals surface area contributed by atoms with Gasteiger partial charge in [0.1, 0.15) is 5.82 Å². The largest absolute Gasteiger partial charge is 0.490 e. The zero-order valence-corrected chi connectivity index (χ0v) is 17.4. The molecule has 0 N–H and O–H groups in total. The normalized spacial score (nSPS) is 16.2. The molecule has 30 heavy (non-hydrogen) atoms. The van der Waals surface area contributed by atoms with Crippen molar-refractivity contribution in [2.24, 2.45) is 5.92 Å². The predicted octanol–water partition coefficient (Wildman–Crippen LogP) is 4.49. The maximum absolute atomic E-state index is 14.0. The average Bonchev–Trinajstić information content (AvgIpc) is 3.50. The van der Waals surface area contributed by atoms with E-state index in [4.69, 9.17) is 9.47 Å². The predicted molar refractivity (Wildman–Crippen MR) is 113 cm³/mol. The molecule has 1 saturated heterocycles. The molecule has 1 saturated carbocycles. The van der Waals surface area contributed by atoms with Crippen LogP contribution in [-0.2, 0) is 6.54 Å². The van der Waals surface area contributed by atoms with Crippen molar-refractivity contribution in [3.05, 3.63) is 53.9 Å². The Hall–Kier alpha value is -3.09. The van der Waals surface area contributed by atoms with Crippen LogP contribution in [-0.4, -0.2) is 42.7 Å². The molecule has 1 aromatic carbocycles. The number of methoxy groups -OCH3 is 1. The lowest BCUT2D eigenvalue weighted by Gasteiger charge is -2.19. The molecule has 2 heterocycles. The molecular weight excluding hydrogens is 385 g/mol. The van der Waals surface area contributed by atoms with E-state index in [1.807, 2.05) is 13.0 Å². The fourth-order valence-electron chi connectivity index (χ4n) is 3.47. The monoisotopic (exact) mass is 411 g/mol. The van der Waals surface area contributed by atoms with E-state index in [1.165, 1.54) is 6.07 Å². The van der Waals surface area contributed by atoms with E-state index in [-0.39, 0.29) is 17.6 Å². The molecule has 2 amide bonds. The molecule has 0 atom stereocenters.